The number of anilines is 3. The van der Waals surface area contributed by atoms with Crippen molar-refractivity contribution in [1.29, 1.82) is 0 Å². The molecule has 10 nitrogen and oxygen atoms in total. The molecule has 0 spiro atoms. The zero-order valence-corrected chi connectivity index (χ0v) is 18.8. The van der Waals surface area contributed by atoms with Crippen molar-refractivity contribution in [2.24, 2.45) is 10.7 Å². The van der Waals surface area contributed by atoms with Crippen LogP contribution in [0.1, 0.15) is 48.7 Å². The number of nitrogens with one attached hydrogen (secondary N) is 2. The van der Waals surface area contributed by atoms with Crippen LogP contribution in [0.2, 0.25) is 5.15 Å². The molecule has 0 atom stereocenters. The minimum absolute atomic E-state index is 0.0376. The van der Waals surface area contributed by atoms with Crippen molar-refractivity contribution in [2.75, 3.05) is 29.9 Å². The summed E-state index contributed by atoms with van der Waals surface area (Å²) in [5.74, 6) is -0.689. The second-order valence-electron chi connectivity index (χ2n) is 7.24. The summed E-state index contributed by atoms with van der Waals surface area (Å²) in [5.41, 5.74) is 19.0. The quantitative estimate of drug-likeness (QED) is 0.192. The average Bonchev–Trinajstić information content (AvgIpc) is 2.74. The smallest absolute Gasteiger partial charge is 0.280 e. The van der Waals surface area contributed by atoms with Gasteiger partial charge in [0.15, 0.2) is 28.4 Å². The van der Waals surface area contributed by atoms with E-state index in [1.54, 1.807) is 6.92 Å². The molecule has 172 valence electrons. The Morgan fingerprint density at radius 2 is 1.78 bits per heavy atom. The maximum absolute atomic E-state index is 12.2. The monoisotopic (exact) mass is 460 g/mol. The lowest BCUT2D eigenvalue weighted by Gasteiger charge is -2.08. The molecule has 0 unspecified atom stereocenters. The van der Waals surface area contributed by atoms with E-state index < -0.39 is 5.91 Å². The molecular formula is C21H29ClN8O2. The lowest BCUT2D eigenvalue weighted by Crippen LogP contribution is -2.38. The third kappa shape index (κ3) is 8.38. The van der Waals surface area contributed by atoms with E-state index in [-0.39, 0.29) is 34.2 Å². The molecule has 2 rings (SSSR count). The second-order valence-corrected chi connectivity index (χ2v) is 7.60. The Morgan fingerprint density at radius 3 is 2.47 bits per heavy atom. The average molecular weight is 461 g/mol. The van der Waals surface area contributed by atoms with E-state index in [0.717, 1.165) is 37.9 Å². The number of ketones is 1. The fraction of sp³-hybridized carbons (Fsp3) is 0.381. The Hall–Kier alpha value is -3.40. The fourth-order valence-corrected chi connectivity index (χ4v) is 2.95. The van der Waals surface area contributed by atoms with Crippen LogP contribution in [-0.4, -0.2) is 40.7 Å². The number of carbonyl (C=O) groups excluding carboxylic acids is 2. The van der Waals surface area contributed by atoms with Gasteiger partial charge in [0.2, 0.25) is 0 Å². The number of unbranched alkanes of at least 4 members (excludes halogenated alkanes) is 1. The molecule has 0 aliphatic heterocycles. The molecule has 0 saturated heterocycles. The van der Waals surface area contributed by atoms with Gasteiger partial charge in [-0.1, -0.05) is 23.7 Å². The van der Waals surface area contributed by atoms with Crippen LogP contribution in [0.4, 0.5) is 17.3 Å². The first-order valence-electron chi connectivity index (χ1n) is 10.3. The summed E-state index contributed by atoms with van der Waals surface area (Å²) >= 11 is 5.77. The molecule has 11 heteroatoms. The van der Waals surface area contributed by atoms with Gasteiger partial charge in [0.1, 0.15) is 5.78 Å². The van der Waals surface area contributed by atoms with Gasteiger partial charge in [0.05, 0.1) is 0 Å². The van der Waals surface area contributed by atoms with E-state index >= 15 is 0 Å². The number of rotatable bonds is 11. The number of aliphatic imine (C=N–C) groups is 1. The SMILES string of the molecule is CC(=O)CCCNc1ccc(CCCCN=C(N)NC(=O)c2nc(Cl)c(N)nc2N)cc1. The molecule has 0 aliphatic carbocycles. The lowest BCUT2D eigenvalue weighted by molar-refractivity contribution is -0.117. The van der Waals surface area contributed by atoms with E-state index in [2.05, 4.69) is 37.7 Å². The van der Waals surface area contributed by atoms with Gasteiger partial charge >= 0.3 is 0 Å². The summed E-state index contributed by atoms with van der Waals surface area (Å²) < 4.78 is 0. The number of benzene rings is 1. The number of aryl methyl sites for hydroxylation is 1. The van der Waals surface area contributed by atoms with E-state index in [1.807, 2.05) is 12.1 Å². The third-order valence-electron chi connectivity index (χ3n) is 4.51. The standard InChI is InChI=1S/C21H29ClN8O2/c1-13(31)5-4-12-26-15-9-7-14(8-10-15)6-2-3-11-27-21(25)30-20(32)16-18(23)29-19(24)17(22)28-16/h7-10,26H,2-6,11-12H2,1H3,(H4,23,24,29)(H3,25,27,30,32). The Kier molecular flexibility index (Phi) is 9.68. The zero-order valence-electron chi connectivity index (χ0n) is 18.0. The fourth-order valence-electron chi connectivity index (χ4n) is 2.82. The predicted octanol–water partition coefficient (Wildman–Crippen LogP) is 2.14. The highest BCUT2D eigenvalue weighted by molar-refractivity contribution is 6.31. The van der Waals surface area contributed by atoms with Gasteiger partial charge in [-0.05, 0) is 50.3 Å². The lowest BCUT2D eigenvalue weighted by atomic mass is 10.1. The summed E-state index contributed by atoms with van der Waals surface area (Å²) in [7, 11) is 0. The molecule has 0 saturated carbocycles. The molecule has 2 aromatic rings. The van der Waals surface area contributed by atoms with Crippen molar-refractivity contribution in [3.05, 3.63) is 40.7 Å². The number of hydrogen-bond donors (Lipinski definition) is 5. The van der Waals surface area contributed by atoms with Gasteiger partial charge < -0.3 is 27.3 Å². The molecule has 8 N–H and O–H groups in total. The van der Waals surface area contributed by atoms with Crippen LogP contribution >= 0.6 is 11.6 Å². The van der Waals surface area contributed by atoms with Crippen LogP contribution < -0.4 is 27.8 Å². The van der Waals surface area contributed by atoms with E-state index in [4.69, 9.17) is 28.8 Å². The van der Waals surface area contributed by atoms with Crippen LogP contribution in [-0.2, 0) is 11.2 Å². The van der Waals surface area contributed by atoms with Gasteiger partial charge in [0, 0.05) is 25.2 Å². The predicted molar refractivity (Wildman–Crippen MR) is 128 cm³/mol. The van der Waals surface area contributed by atoms with E-state index in [0.29, 0.717) is 13.0 Å². The van der Waals surface area contributed by atoms with Gasteiger partial charge in [-0.25, -0.2) is 9.97 Å². The first-order valence-corrected chi connectivity index (χ1v) is 10.7. The third-order valence-corrected chi connectivity index (χ3v) is 4.78. The first-order chi connectivity index (χ1) is 15.3. The number of amides is 1. The Balaban J connectivity index is 1.69. The summed E-state index contributed by atoms with van der Waals surface area (Å²) in [6, 6.07) is 8.22. The molecule has 1 heterocycles. The normalized spacial score (nSPS) is 11.2. The number of nitrogens with zero attached hydrogens (tertiary/aromatic N) is 3. The molecule has 32 heavy (non-hydrogen) atoms. The number of hydrogen-bond acceptors (Lipinski definition) is 8. The van der Waals surface area contributed by atoms with Crippen LogP contribution in [0.15, 0.2) is 29.3 Å². The molecule has 1 amide bonds. The highest BCUT2D eigenvalue weighted by atomic mass is 35.5. The Morgan fingerprint density at radius 1 is 1.06 bits per heavy atom. The summed E-state index contributed by atoms with van der Waals surface area (Å²) in [6.07, 6.45) is 4.05. The van der Waals surface area contributed by atoms with Crippen molar-refractivity contribution >= 4 is 46.6 Å². The topological polar surface area (TPSA) is 174 Å². The van der Waals surface area contributed by atoms with Gasteiger partial charge in [-0.15, -0.1) is 0 Å². The van der Waals surface area contributed by atoms with E-state index in [9.17, 15) is 9.59 Å². The number of Topliss-reactive ketones (excluding diaryl/α,β-unsaturated/α-hetero) is 1. The van der Waals surface area contributed by atoms with E-state index in [1.165, 1.54) is 5.56 Å². The highest BCUT2D eigenvalue weighted by Gasteiger charge is 2.16. The maximum atomic E-state index is 12.2. The summed E-state index contributed by atoms with van der Waals surface area (Å²) in [4.78, 5) is 34.8. The number of halogens is 1. The Labute approximate surface area is 192 Å². The van der Waals surface area contributed by atoms with Crippen LogP contribution in [0, 0.1) is 0 Å². The van der Waals surface area contributed by atoms with Gasteiger partial charge in [-0.3, -0.25) is 15.1 Å². The van der Waals surface area contributed by atoms with Gasteiger partial charge in [-0.2, -0.15) is 0 Å². The largest absolute Gasteiger partial charge is 0.385 e. The summed E-state index contributed by atoms with van der Waals surface area (Å²) in [5, 5.41) is 5.60. The van der Waals surface area contributed by atoms with Gasteiger partial charge in [0.25, 0.3) is 5.91 Å². The molecule has 0 bridgehead atoms. The molecule has 1 aromatic heterocycles. The molecule has 0 fully saturated rings. The summed E-state index contributed by atoms with van der Waals surface area (Å²) in [6.45, 7) is 2.85. The number of aromatic nitrogens is 2. The van der Waals surface area contributed by atoms with Crippen molar-refractivity contribution < 1.29 is 9.59 Å². The minimum atomic E-state index is -0.659. The highest BCUT2D eigenvalue weighted by Crippen LogP contribution is 2.17. The van der Waals surface area contributed by atoms with Crippen molar-refractivity contribution in [3.63, 3.8) is 0 Å². The number of nitrogens with two attached hydrogens (primary N) is 3. The van der Waals surface area contributed by atoms with Crippen LogP contribution in [0.5, 0.6) is 0 Å². The second kappa shape index (κ2) is 12.5. The number of nitrogen functional groups attached to an aromatic ring is 2. The number of carbonyl (C=O) groups is 2. The van der Waals surface area contributed by atoms with Crippen molar-refractivity contribution in [3.8, 4) is 0 Å². The molecular weight excluding hydrogens is 432 g/mol. The first kappa shape index (κ1) is 24.9. The van der Waals surface area contributed by atoms with Crippen LogP contribution in [0.25, 0.3) is 0 Å². The molecule has 0 aliphatic rings. The Bertz CT molecular complexity index is 963. The van der Waals surface area contributed by atoms with Crippen molar-refractivity contribution in [1.82, 2.24) is 15.3 Å². The van der Waals surface area contributed by atoms with Crippen molar-refractivity contribution in [2.45, 2.75) is 39.0 Å². The zero-order chi connectivity index (χ0) is 23.5. The van der Waals surface area contributed by atoms with Crippen LogP contribution in [0.3, 0.4) is 0 Å². The molecule has 0 radical (unpaired) electrons. The minimum Gasteiger partial charge on any atom is -0.385 e. The number of guanidine groups is 1. The molecule has 1 aromatic carbocycles. The maximum Gasteiger partial charge on any atom is 0.280 e.